The molecule has 0 radical (unpaired) electrons. The number of fused-ring (bicyclic) bond motifs is 1. The molecule has 0 bridgehead atoms. The third-order valence-electron chi connectivity index (χ3n) is 3.82. The molecule has 0 saturated heterocycles. The van der Waals surface area contributed by atoms with Crippen molar-refractivity contribution in [3.63, 3.8) is 0 Å². The predicted molar refractivity (Wildman–Crippen MR) is 99.8 cm³/mol. The molecule has 2 aromatic rings. The quantitative estimate of drug-likeness (QED) is 0.567. The van der Waals surface area contributed by atoms with Gasteiger partial charge in [0, 0.05) is 5.69 Å². The van der Waals surface area contributed by atoms with Crippen molar-refractivity contribution < 1.29 is 14.3 Å². The number of hydrazine groups is 1. The third-order valence-corrected chi connectivity index (χ3v) is 4.02. The van der Waals surface area contributed by atoms with Crippen LogP contribution in [-0.2, 0) is 4.79 Å². The number of ether oxygens (including phenoxy) is 2. The second kappa shape index (κ2) is 7.40. The van der Waals surface area contributed by atoms with Crippen LogP contribution in [-0.4, -0.2) is 23.7 Å². The largest absolute Gasteiger partial charge is 0.485 e. The van der Waals surface area contributed by atoms with Gasteiger partial charge in [-0.1, -0.05) is 30.3 Å². The van der Waals surface area contributed by atoms with Crippen LogP contribution < -0.4 is 25.6 Å². The molecule has 0 fully saturated rings. The molecule has 2 aromatic carbocycles. The van der Waals surface area contributed by atoms with Crippen LogP contribution in [0.5, 0.6) is 11.5 Å². The Morgan fingerprint density at radius 2 is 1.72 bits per heavy atom. The Morgan fingerprint density at radius 1 is 1.04 bits per heavy atom. The number of para-hydroxylation sites is 3. The van der Waals surface area contributed by atoms with Crippen molar-refractivity contribution in [1.82, 2.24) is 10.9 Å². The molecule has 130 valence electrons. The zero-order valence-corrected chi connectivity index (χ0v) is 14.8. The predicted octanol–water partition coefficient (Wildman–Crippen LogP) is 2.46. The molecular formula is C18H19N3O3S. The molecule has 0 spiro atoms. The summed E-state index contributed by atoms with van der Waals surface area (Å²) in [6.45, 7) is 4.12. The van der Waals surface area contributed by atoms with Crippen LogP contribution in [0.2, 0.25) is 0 Å². The summed E-state index contributed by atoms with van der Waals surface area (Å²) in [7, 11) is 0. The normalized spacial score (nSPS) is 15.2. The van der Waals surface area contributed by atoms with Crippen LogP contribution in [0, 0.1) is 13.8 Å². The molecule has 7 heteroatoms. The van der Waals surface area contributed by atoms with Gasteiger partial charge in [0.15, 0.2) is 16.6 Å². The van der Waals surface area contributed by atoms with Crippen LogP contribution in [0.15, 0.2) is 42.5 Å². The molecule has 1 amide bonds. The lowest BCUT2D eigenvalue weighted by atomic mass is 10.1. The van der Waals surface area contributed by atoms with Crippen molar-refractivity contribution >= 4 is 28.9 Å². The second-order valence-electron chi connectivity index (χ2n) is 5.70. The molecule has 1 heterocycles. The van der Waals surface area contributed by atoms with Crippen molar-refractivity contribution in [1.29, 1.82) is 0 Å². The minimum atomic E-state index is -0.745. The number of anilines is 1. The summed E-state index contributed by atoms with van der Waals surface area (Å²) in [5.41, 5.74) is 8.29. The number of nitrogens with one attached hydrogen (secondary N) is 3. The maximum atomic E-state index is 12.2. The number of thiocarbonyl (C=S) groups is 1. The topological polar surface area (TPSA) is 71.6 Å². The van der Waals surface area contributed by atoms with E-state index in [1.165, 1.54) is 0 Å². The summed E-state index contributed by atoms with van der Waals surface area (Å²) in [4.78, 5) is 12.2. The molecule has 3 rings (SSSR count). The number of benzene rings is 2. The minimum absolute atomic E-state index is 0.140. The van der Waals surface area contributed by atoms with E-state index in [4.69, 9.17) is 21.7 Å². The molecule has 0 aliphatic carbocycles. The summed E-state index contributed by atoms with van der Waals surface area (Å²) in [6, 6.07) is 13.2. The zero-order valence-electron chi connectivity index (χ0n) is 14.0. The SMILES string of the molecule is Cc1cccc(C)c1NC(=S)NNC(=O)C1COc2ccccc2O1. The van der Waals surface area contributed by atoms with Gasteiger partial charge in [0.25, 0.3) is 5.91 Å². The smallest absolute Gasteiger partial charge is 0.283 e. The zero-order chi connectivity index (χ0) is 17.8. The van der Waals surface area contributed by atoms with E-state index in [0.717, 1.165) is 16.8 Å². The molecule has 1 unspecified atom stereocenters. The molecule has 1 aliphatic heterocycles. The first kappa shape index (κ1) is 17.0. The molecule has 0 aromatic heterocycles. The van der Waals surface area contributed by atoms with Crippen LogP contribution in [0.25, 0.3) is 0 Å². The lowest BCUT2D eigenvalue weighted by molar-refractivity contribution is -0.130. The van der Waals surface area contributed by atoms with Gasteiger partial charge in [0.1, 0.15) is 6.61 Å². The molecule has 3 N–H and O–H groups in total. The Balaban J connectivity index is 1.53. The number of aryl methyl sites for hydroxylation is 2. The highest BCUT2D eigenvalue weighted by Gasteiger charge is 2.27. The van der Waals surface area contributed by atoms with Crippen molar-refractivity contribution in [3.05, 3.63) is 53.6 Å². The van der Waals surface area contributed by atoms with E-state index >= 15 is 0 Å². The molecule has 1 atom stereocenters. The lowest BCUT2D eigenvalue weighted by Gasteiger charge is -2.25. The van der Waals surface area contributed by atoms with Gasteiger partial charge in [-0.2, -0.15) is 0 Å². The van der Waals surface area contributed by atoms with Gasteiger partial charge in [0.2, 0.25) is 6.10 Å². The fourth-order valence-electron chi connectivity index (χ4n) is 2.50. The third kappa shape index (κ3) is 4.00. The van der Waals surface area contributed by atoms with Crippen LogP contribution in [0.1, 0.15) is 11.1 Å². The lowest BCUT2D eigenvalue weighted by Crippen LogP contribution is -2.51. The summed E-state index contributed by atoms with van der Waals surface area (Å²) in [6.07, 6.45) is -0.745. The standard InChI is InChI=1S/C18H19N3O3S/c1-11-6-5-7-12(2)16(11)19-18(25)21-20-17(22)15-10-23-13-8-3-4-9-14(13)24-15/h3-9,15H,10H2,1-2H3,(H,20,22)(H2,19,21,25). The summed E-state index contributed by atoms with van der Waals surface area (Å²) in [5, 5.41) is 3.38. The van der Waals surface area contributed by atoms with E-state index in [1.54, 1.807) is 12.1 Å². The highest BCUT2D eigenvalue weighted by molar-refractivity contribution is 7.80. The summed E-state index contributed by atoms with van der Waals surface area (Å²) in [5.74, 6) is 0.817. The van der Waals surface area contributed by atoms with Gasteiger partial charge < -0.3 is 14.8 Å². The van der Waals surface area contributed by atoms with E-state index < -0.39 is 6.10 Å². The first-order chi connectivity index (χ1) is 12.0. The van der Waals surface area contributed by atoms with E-state index in [1.807, 2.05) is 44.2 Å². The minimum Gasteiger partial charge on any atom is -0.485 e. The first-order valence-electron chi connectivity index (χ1n) is 7.86. The summed E-state index contributed by atoms with van der Waals surface area (Å²) < 4.78 is 11.2. The van der Waals surface area contributed by atoms with Crippen molar-refractivity contribution in [3.8, 4) is 11.5 Å². The average Bonchev–Trinajstić information content (AvgIpc) is 2.62. The number of hydrogen-bond donors (Lipinski definition) is 3. The fraction of sp³-hybridized carbons (Fsp3) is 0.222. The number of carbonyl (C=O) groups excluding carboxylic acids is 1. The maximum Gasteiger partial charge on any atom is 0.283 e. The van der Waals surface area contributed by atoms with E-state index in [-0.39, 0.29) is 12.5 Å². The molecule has 0 saturated carbocycles. The Labute approximate surface area is 151 Å². The summed E-state index contributed by atoms with van der Waals surface area (Å²) >= 11 is 5.23. The number of hydrogen-bond acceptors (Lipinski definition) is 4. The highest BCUT2D eigenvalue weighted by atomic mass is 32.1. The molecular weight excluding hydrogens is 338 g/mol. The van der Waals surface area contributed by atoms with Crippen molar-refractivity contribution in [2.24, 2.45) is 0 Å². The van der Waals surface area contributed by atoms with E-state index in [9.17, 15) is 4.79 Å². The van der Waals surface area contributed by atoms with Crippen LogP contribution in [0.3, 0.4) is 0 Å². The van der Waals surface area contributed by atoms with E-state index in [0.29, 0.717) is 16.6 Å². The second-order valence-corrected chi connectivity index (χ2v) is 6.11. The Morgan fingerprint density at radius 3 is 2.44 bits per heavy atom. The number of amides is 1. The Kier molecular flexibility index (Phi) is 5.04. The average molecular weight is 357 g/mol. The van der Waals surface area contributed by atoms with Crippen molar-refractivity contribution in [2.45, 2.75) is 20.0 Å². The van der Waals surface area contributed by atoms with Gasteiger partial charge in [0.05, 0.1) is 0 Å². The van der Waals surface area contributed by atoms with Gasteiger partial charge in [-0.05, 0) is 49.3 Å². The van der Waals surface area contributed by atoms with E-state index in [2.05, 4.69) is 16.2 Å². The van der Waals surface area contributed by atoms with Crippen LogP contribution >= 0.6 is 12.2 Å². The van der Waals surface area contributed by atoms with Gasteiger partial charge in [-0.15, -0.1) is 0 Å². The van der Waals surface area contributed by atoms with Crippen LogP contribution in [0.4, 0.5) is 5.69 Å². The number of carbonyl (C=O) groups is 1. The Hall–Kier alpha value is -2.80. The monoisotopic (exact) mass is 357 g/mol. The molecule has 6 nitrogen and oxygen atoms in total. The van der Waals surface area contributed by atoms with Gasteiger partial charge in [-0.3, -0.25) is 15.6 Å². The van der Waals surface area contributed by atoms with Crippen molar-refractivity contribution in [2.75, 3.05) is 11.9 Å². The Bertz CT molecular complexity index is 790. The van der Waals surface area contributed by atoms with Gasteiger partial charge >= 0.3 is 0 Å². The van der Waals surface area contributed by atoms with Gasteiger partial charge in [-0.25, -0.2) is 0 Å². The molecule has 25 heavy (non-hydrogen) atoms. The number of rotatable bonds is 2. The maximum absolute atomic E-state index is 12.2. The fourth-order valence-corrected chi connectivity index (χ4v) is 2.66. The molecule has 1 aliphatic rings. The first-order valence-corrected chi connectivity index (χ1v) is 8.27. The highest BCUT2D eigenvalue weighted by Crippen LogP contribution is 2.30.